The summed E-state index contributed by atoms with van der Waals surface area (Å²) >= 11 is 3.47. The molecule has 100 valence electrons. The summed E-state index contributed by atoms with van der Waals surface area (Å²) in [7, 11) is 0. The molecule has 5 heteroatoms. The zero-order valence-electron chi connectivity index (χ0n) is 10.5. The van der Waals surface area contributed by atoms with Gasteiger partial charge in [0.25, 0.3) is 0 Å². The number of amides is 2. The van der Waals surface area contributed by atoms with Crippen LogP contribution >= 0.6 is 15.9 Å². The highest BCUT2D eigenvalue weighted by Crippen LogP contribution is 2.15. The van der Waals surface area contributed by atoms with Crippen LogP contribution in [0, 0.1) is 0 Å². The predicted molar refractivity (Wildman–Crippen MR) is 75.6 cm³/mol. The second-order valence-electron chi connectivity index (χ2n) is 3.88. The first-order valence-corrected chi connectivity index (χ1v) is 6.85. The summed E-state index contributed by atoms with van der Waals surface area (Å²) in [5.41, 5.74) is 1.17. The van der Waals surface area contributed by atoms with Crippen molar-refractivity contribution in [2.45, 2.75) is 13.3 Å². The molecule has 0 aliphatic heterocycles. The fourth-order valence-corrected chi connectivity index (χ4v) is 2.12. The lowest BCUT2D eigenvalue weighted by atomic mass is 10.1. The second-order valence-corrected chi connectivity index (χ2v) is 4.73. The number of hydrogen-bond acceptors (Lipinski definition) is 2. The highest BCUT2D eigenvalue weighted by Gasteiger charge is 2.09. The largest absolute Gasteiger partial charge is 0.395 e. The Balaban J connectivity index is 2.37. The van der Waals surface area contributed by atoms with E-state index >= 15 is 0 Å². The fourth-order valence-electron chi connectivity index (χ4n) is 1.64. The molecule has 0 saturated carbocycles. The van der Waals surface area contributed by atoms with E-state index in [1.165, 1.54) is 5.56 Å². The van der Waals surface area contributed by atoms with E-state index < -0.39 is 0 Å². The molecule has 0 aromatic heterocycles. The number of nitrogens with zero attached hydrogens (tertiary/aromatic N) is 1. The summed E-state index contributed by atoms with van der Waals surface area (Å²) in [5.74, 6) is 0. The Kier molecular flexibility index (Phi) is 6.75. The molecule has 0 atom stereocenters. The Hall–Kier alpha value is -1.07. The molecule has 2 N–H and O–H groups in total. The van der Waals surface area contributed by atoms with Crippen LogP contribution in [0.3, 0.4) is 0 Å². The van der Waals surface area contributed by atoms with Crippen molar-refractivity contribution in [2.24, 2.45) is 0 Å². The quantitative estimate of drug-likeness (QED) is 0.844. The summed E-state index contributed by atoms with van der Waals surface area (Å²) < 4.78 is 1.06. The van der Waals surface area contributed by atoms with Crippen molar-refractivity contribution >= 4 is 22.0 Å². The smallest absolute Gasteiger partial charge is 0.317 e. The van der Waals surface area contributed by atoms with Crippen LogP contribution in [-0.2, 0) is 6.42 Å². The van der Waals surface area contributed by atoms with Gasteiger partial charge in [-0.1, -0.05) is 34.1 Å². The zero-order valence-corrected chi connectivity index (χ0v) is 12.1. The van der Waals surface area contributed by atoms with Crippen molar-refractivity contribution in [3.8, 4) is 0 Å². The number of carbonyl (C=O) groups is 1. The highest BCUT2D eigenvalue weighted by atomic mass is 79.9. The number of likely N-dealkylation sites (N-methyl/N-ethyl adjacent to an activating group) is 1. The number of hydrogen-bond donors (Lipinski definition) is 2. The molecule has 2 amide bonds. The molecule has 0 aliphatic rings. The molecule has 0 spiro atoms. The van der Waals surface area contributed by atoms with Gasteiger partial charge in [0.15, 0.2) is 0 Å². The minimum absolute atomic E-state index is 0.00844. The Bertz CT molecular complexity index is 385. The molecule has 0 unspecified atom stereocenters. The van der Waals surface area contributed by atoms with Crippen LogP contribution in [0.2, 0.25) is 0 Å². The van der Waals surface area contributed by atoms with Gasteiger partial charge in [-0.3, -0.25) is 0 Å². The summed E-state index contributed by atoms with van der Waals surface area (Å²) in [6, 6.07) is 7.83. The molecule has 18 heavy (non-hydrogen) atoms. The van der Waals surface area contributed by atoms with Gasteiger partial charge in [-0.15, -0.1) is 0 Å². The maximum absolute atomic E-state index is 11.7. The van der Waals surface area contributed by atoms with Gasteiger partial charge in [-0.2, -0.15) is 0 Å². The van der Waals surface area contributed by atoms with Crippen LogP contribution in [0.15, 0.2) is 28.7 Å². The first-order valence-electron chi connectivity index (χ1n) is 6.06. The number of benzene rings is 1. The highest BCUT2D eigenvalue weighted by molar-refractivity contribution is 9.10. The number of carbonyl (C=O) groups excluding carboxylic acids is 1. The van der Waals surface area contributed by atoms with E-state index in [0.29, 0.717) is 19.6 Å². The van der Waals surface area contributed by atoms with Crippen LogP contribution < -0.4 is 5.32 Å². The standard InChI is InChI=1S/C13H19BrN2O2/c1-2-16(9-10-17)13(18)15-8-7-11-5-3-4-6-12(11)14/h3-6,17H,2,7-10H2,1H3,(H,15,18). The Morgan fingerprint density at radius 2 is 2.17 bits per heavy atom. The molecule has 0 bridgehead atoms. The van der Waals surface area contributed by atoms with E-state index in [1.54, 1.807) is 4.90 Å². The second kappa shape index (κ2) is 8.11. The van der Waals surface area contributed by atoms with Crippen LogP contribution in [0.25, 0.3) is 0 Å². The lowest BCUT2D eigenvalue weighted by molar-refractivity contribution is 0.180. The predicted octanol–water partition coefficient (Wildman–Crippen LogP) is 2.02. The first-order chi connectivity index (χ1) is 8.69. The van der Waals surface area contributed by atoms with Gasteiger partial charge >= 0.3 is 6.03 Å². The molecule has 0 aliphatic carbocycles. The van der Waals surface area contributed by atoms with Crippen molar-refractivity contribution in [2.75, 3.05) is 26.2 Å². The summed E-state index contributed by atoms with van der Waals surface area (Å²) in [6.07, 6.45) is 0.782. The van der Waals surface area contributed by atoms with Crippen LogP contribution in [0.5, 0.6) is 0 Å². The lowest BCUT2D eigenvalue weighted by Gasteiger charge is -2.20. The van der Waals surface area contributed by atoms with Crippen LogP contribution in [0.4, 0.5) is 4.79 Å². The van der Waals surface area contributed by atoms with Gasteiger partial charge in [0.2, 0.25) is 0 Å². The minimum Gasteiger partial charge on any atom is -0.395 e. The summed E-state index contributed by atoms with van der Waals surface area (Å²) in [4.78, 5) is 13.3. The van der Waals surface area contributed by atoms with Crippen molar-refractivity contribution in [1.29, 1.82) is 0 Å². The van der Waals surface area contributed by atoms with E-state index in [4.69, 9.17) is 5.11 Å². The normalized spacial score (nSPS) is 10.2. The topological polar surface area (TPSA) is 52.6 Å². The maximum atomic E-state index is 11.7. The van der Waals surface area contributed by atoms with Gasteiger partial charge in [-0.25, -0.2) is 4.79 Å². The van der Waals surface area contributed by atoms with E-state index in [0.717, 1.165) is 10.9 Å². The summed E-state index contributed by atoms with van der Waals surface area (Å²) in [5, 5.41) is 11.7. The van der Waals surface area contributed by atoms with Crippen molar-refractivity contribution in [3.05, 3.63) is 34.3 Å². The molecule has 0 radical (unpaired) electrons. The SMILES string of the molecule is CCN(CCO)C(=O)NCCc1ccccc1Br. The average Bonchev–Trinajstić information content (AvgIpc) is 2.38. The third-order valence-corrected chi connectivity index (χ3v) is 3.44. The van der Waals surface area contributed by atoms with Crippen LogP contribution in [-0.4, -0.2) is 42.3 Å². The van der Waals surface area contributed by atoms with Gasteiger partial charge in [0, 0.05) is 24.1 Å². The number of urea groups is 1. The van der Waals surface area contributed by atoms with Crippen LogP contribution in [0.1, 0.15) is 12.5 Å². The number of halogens is 1. The Morgan fingerprint density at radius 1 is 1.44 bits per heavy atom. The molecule has 1 aromatic carbocycles. The third-order valence-electron chi connectivity index (χ3n) is 2.67. The lowest BCUT2D eigenvalue weighted by Crippen LogP contribution is -2.42. The van der Waals surface area contributed by atoms with Gasteiger partial charge in [0.05, 0.1) is 6.61 Å². The van der Waals surface area contributed by atoms with E-state index in [-0.39, 0.29) is 12.6 Å². The molecule has 1 aromatic rings. The van der Waals surface area contributed by atoms with Gasteiger partial charge < -0.3 is 15.3 Å². The average molecular weight is 315 g/mol. The summed E-state index contributed by atoms with van der Waals surface area (Å²) in [6.45, 7) is 3.44. The molecule has 1 rings (SSSR count). The van der Waals surface area contributed by atoms with Crippen molar-refractivity contribution in [1.82, 2.24) is 10.2 Å². The van der Waals surface area contributed by atoms with Crippen molar-refractivity contribution < 1.29 is 9.90 Å². The minimum atomic E-state index is -0.126. The number of rotatable bonds is 6. The van der Waals surface area contributed by atoms with Crippen molar-refractivity contribution in [3.63, 3.8) is 0 Å². The number of nitrogens with one attached hydrogen (secondary N) is 1. The first kappa shape index (κ1) is 15.0. The zero-order chi connectivity index (χ0) is 13.4. The van der Waals surface area contributed by atoms with Gasteiger partial charge in [-0.05, 0) is 25.0 Å². The molecule has 0 fully saturated rings. The molecular formula is C13H19BrN2O2. The van der Waals surface area contributed by atoms with E-state index in [2.05, 4.69) is 21.2 Å². The Labute approximate surface area is 116 Å². The molecule has 4 nitrogen and oxygen atoms in total. The number of aliphatic hydroxyl groups excluding tert-OH is 1. The molecule has 0 heterocycles. The van der Waals surface area contributed by atoms with Gasteiger partial charge in [0.1, 0.15) is 0 Å². The Morgan fingerprint density at radius 3 is 2.78 bits per heavy atom. The van der Waals surface area contributed by atoms with E-state index in [1.807, 2.05) is 31.2 Å². The third kappa shape index (κ3) is 4.66. The monoisotopic (exact) mass is 314 g/mol. The van der Waals surface area contributed by atoms with E-state index in [9.17, 15) is 4.79 Å². The maximum Gasteiger partial charge on any atom is 0.317 e. The molecule has 0 saturated heterocycles. The number of aliphatic hydroxyl groups is 1. The fraction of sp³-hybridized carbons (Fsp3) is 0.462. The molecular weight excluding hydrogens is 296 g/mol.